The summed E-state index contributed by atoms with van der Waals surface area (Å²) in [4.78, 5) is 11.9. The van der Waals surface area contributed by atoms with E-state index < -0.39 is 0 Å². The van der Waals surface area contributed by atoms with Crippen LogP contribution in [0.1, 0.15) is 65.7 Å². The van der Waals surface area contributed by atoms with Crippen LogP contribution in [0.25, 0.3) is 0 Å². The lowest BCUT2D eigenvalue weighted by atomic mass is 9.84. The Bertz CT molecular complexity index is 263. The second-order valence-electron chi connectivity index (χ2n) is 6.04. The van der Waals surface area contributed by atoms with Crippen LogP contribution in [0, 0.1) is 11.8 Å². The maximum atomic E-state index is 11.9. The predicted molar refractivity (Wildman–Crippen MR) is 79.0 cm³/mol. The highest BCUT2D eigenvalue weighted by molar-refractivity contribution is 5.75. The summed E-state index contributed by atoms with van der Waals surface area (Å²) in [6.45, 7) is 6.60. The number of carbonyl (C=O) groups is 1. The minimum absolute atomic E-state index is 0.0563. The largest absolute Gasteiger partial charge is 0.462 e. The van der Waals surface area contributed by atoms with Crippen LogP contribution < -0.4 is 5.32 Å². The molecule has 2 unspecified atom stereocenters. The van der Waals surface area contributed by atoms with E-state index in [0.29, 0.717) is 5.92 Å². The normalized spacial score (nSPS) is 29.5. The van der Waals surface area contributed by atoms with Crippen LogP contribution >= 0.6 is 0 Å². The summed E-state index contributed by atoms with van der Waals surface area (Å²) in [6, 6.07) is -0.116. The maximum absolute atomic E-state index is 11.9. The zero-order chi connectivity index (χ0) is 14.3. The molecular formula is C16H31NO2. The highest BCUT2D eigenvalue weighted by Crippen LogP contribution is 2.28. The van der Waals surface area contributed by atoms with Crippen molar-refractivity contribution in [1.29, 1.82) is 0 Å². The van der Waals surface area contributed by atoms with E-state index >= 15 is 0 Å². The smallest absolute Gasteiger partial charge is 0.323 e. The van der Waals surface area contributed by atoms with Gasteiger partial charge in [-0.25, -0.2) is 0 Å². The van der Waals surface area contributed by atoms with Crippen LogP contribution in [0.5, 0.6) is 0 Å². The van der Waals surface area contributed by atoms with E-state index in [1.807, 2.05) is 14.0 Å². The zero-order valence-electron chi connectivity index (χ0n) is 13.1. The number of likely N-dealkylation sites (N-methyl/N-ethyl adjacent to an activating group) is 1. The number of cyclic esters (lactones) is 1. The molecule has 1 saturated heterocycles. The van der Waals surface area contributed by atoms with E-state index in [-0.39, 0.29) is 18.1 Å². The quantitative estimate of drug-likeness (QED) is 0.776. The molecule has 1 aliphatic rings. The van der Waals surface area contributed by atoms with Gasteiger partial charge in [0.1, 0.15) is 6.04 Å². The van der Waals surface area contributed by atoms with Crippen LogP contribution in [0.3, 0.4) is 0 Å². The molecule has 0 saturated carbocycles. The van der Waals surface area contributed by atoms with Gasteiger partial charge >= 0.3 is 5.97 Å². The van der Waals surface area contributed by atoms with Crippen molar-refractivity contribution in [2.45, 2.75) is 77.9 Å². The molecule has 0 amide bonds. The van der Waals surface area contributed by atoms with E-state index in [0.717, 1.165) is 25.2 Å². The third-order valence-corrected chi connectivity index (χ3v) is 4.54. The number of hydrogen-bond donors (Lipinski definition) is 1. The Hall–Kier alpha value is -0.570. The maximum Gasteiger partial charge on any atom is 0.323 e. The van der Waals surface area contributed by atoms with Crippen molar-refractivity contribution in [3.63, 3.8) is 0 Å². The highest BCUT2D eigenvalue weighted by Gasteiger charge is 2.25. The molecule has 0 aliphatic carbocycles. The number of rotatable bonds is 5. The SMILES string of the molecule is CCC(CC)CC1CCC[C@H](NC)C(=O)OC(C)C1. The standard InChI is InChI=1S/C16H31NO2/c1-5-13(6-2)11-14-8-7-9-15(17-4)16(18)19-12(3)10-14/h12-15,17H,5-11H2,1-4H3/t12?,14?,15-/m0/s1. The molecule has 0 aromatic heterocycles. The first-order valence-electron chi connectivity index (χ1n) is 7.98. The van der Waals surface area contributed by atoms with Crippen molar-refractivity contribution in [3.05, 3.63) is 0 Å². The molecule has 112 valence electrons. The lowest BCUT2D eigenvalue weighted by Gasteiger charge is -2.23. The van der Waals surface area contributed by atoms with Gasteiger partial charge in [-0.1, -0.05) is 39.5 Å². The van der Waals surface area contributed by atoms with Gasteiger partial charge in [0.15, 0.2) is 0 Å². The topological polar surface area (TPSA) is 38.3 Å². The van der Waals surface area contributed by atoms with Gasteiger partial charge in [0.25, 0.3) is 0 Å². The van der Waals surface area contributed by atoms with Crippen molar-refractivity contribution < 1.29 is 9.53 Å². The van der Waals surface area contributed by atoms with Crippen molar-refractivity contribution in [3.8, 4) is 0 Å². The molecule has 19 heavy (non-hydrogen) atoms. The minimum atomic E-state index is -0.116. The Kier molecular flexibility index (Phi) is 7.44. The van der Waals surface area contributed by atoms with Crippen LogP contribution in [0.4, 0.5) is 0 Å². The summed E-state index contributed by atoms with van der Waals surface area (Å²) >= 11 is 0. The van der Waals surface area contributed by atoms with Crippen molar-refractivity contribution in [2.24, 2.45) is 11.8 Å². The zero-order valence-corrected chi connectivity index (χ0v) is 13.1. The average Bonchev–Trinajstić information content (AvgIpc) is 2.45. The van der Waals surface area contributed by atoms with E-state index in [1.165, 1.54) is 25.7 Å². The Morgan fingerprint density at radius 1 is 1.32 bits per heavy atom. The van der Waals surface area contributed by atoms with Gasteiger partial charge in [0.2, 0.25) is 0 Å². The summed E-state index contributed by atoms with van der Waals surface area (Å²) in [5, 5.41) is 3.07. The van der Waals surface area contributed by atoms with Gasteiger partial charge in [-0.05, 0) is 45.1 Å². The molecule has 3 heteroatoms. The third-order valence-electron chi connectivity index (χ3n) is 4.54. The summed E-state index contributed by atoms with van der Waals surface area (Å²) in [5.74, 6) is 1.47. The second-order valence-corrected chi connectivity index (χ2v) is 6.04. The molecule has 0 radical (unpaired) electrons. The summed E-state index contributed by atoms with van der Waals surface area (Å²) in [7, 11) is 1.84. The predicted octanol–water partition coefficient (Wildman–Crippen LogP) is 3.52. The Labute approximate surface area is 118 Å². The van der Waals surface area contributed by atoms with Gasteiger partial charge in [-0.3, -0.25) is 4.79 Å². The number of carbonyl (C=O) groups excluding carboxylic acids is 1. The Morgan fingerprint density at radius 2 is 2.00 bits per heavy atom. The van der Waals surface area contributed by atoms with Crippen LogP contribution in [0.15, 0.2) is 0 Å². The highest BCUT2D eigenvalue weighted by atomic mass is 16.5. The number of hydrogen-bond acceptors (Lipinski definition) is 3. The van der Waals surface area contributed by atoms with Gasteiger partial charge in [-0.2, -0.15) is 0 Å². The van der Waals surface area contributed by atoms with E-state index in [9.17, 15) is 4.79 Å². The fourth-order valence-corrected chi connectivity index (χ4v) is 3.21. The third kappa shape index (κ3) is 5.52. The van der Waals surface area contributed by atoms with Gasteiger partial charge < -0.3 is 10.1 Å². The summed E-state index contributed by atoms with van der Waals surface area (Å²) < 4.78 is 5.55. The fourth-order valence-electron chi connectivity index (χ4n) is 3.21. The van der Waals surface area contributed by atoms with Crippen molar-refractivity contribution >= 4 is 5.97 Å². The molecule has 0 spiro atoms. The average molecular weight is 269 g/mol. The minimum Gasteiger partial charge on any atom is -0.462 e. The summed E-state index contributed by atoms with van der Waals surface area (Å²) in [6.07, 6.45) is 8.16. The van der Waals surface area contributed by atoms with Gasteiger partial charge in [0, 0.05) is 0 Å². The van der Waals surface area contributed by atoms with Gasteiger partial charge in [0.05, 0.1) is 6.10 Å². The first-order chi connectivity index (χ1) is 9.10. The van der Waals surface area contributed by atoms with E-state index in [4.69, 9.17) is 4.74 Å². The number of esters is 1. The Balaban J connectivity index is 2.59. The molecule has 1 N–H and O–H groups in total. The molecule has 3 nitrogen and oxygen atoms in total. The lowest BCUT2D eigenvalue weighted by molar-refractivity contribution is -0.151. The second kappa shape index (κ2) is 8.57. The molecule has 0 aromatic rings. The van der Waals surface area contributed by atoms with Crippen LogP contribution in [-0.2, 0) is 9.53 Å². The molecule has 3 atom stereocenters. The van der Waals surface area contributed by atoms with Crippen LogP contribution in [-0.4, -0.2) is 25.2 Å². The first-order valence-corrected chi connectivity index (χ1v) is 7.98. The molecule has 1 heterocycles. The Morgan fingerprint density at radius 3 is 2.58 bits per heavy atom. The fraction of sp³-hybridized carbons (Fsp3) is 0.938. The molecule has 0 aromatic carbocycles. The van der Waals surface area contributed by atoms with E-state index in [2.05, 4.69) is 19.2 Å². The van der Waals surface area contributed by atoms with Crippen LogP contribution in [0.2, 0.25) is 0 Å². The first kappa shape index (κ1) is 16.5. The molecule has 1 aliphatic heterocycles. The molecular weight excluding hydrogens is 238 g/mol. The molecule has 0 bridgehead atoms. The number of ether oxygens (including phenoxy) is 1. The summed E-state index contributed by atoms with van der Waals surface area (Å²) in [5.41, 5.74) is 0. The van der Waals surface area contributed by atoms with Crippen molar-refractivity contribution in [1.82, 2.24) is 5.32 Å². The molecule has 1 rings (SSSR count). The monoisotopic (exact) mass is 269 g/mol. The molecule has 1 fully saturated rings. The van der Waals surface area contributed by atoms with E-state index in [1.54, 1.807) is 0 Å². The van der Waals surface area contributed by atoms with Gasteiger partial charge in [-0.15, -0.1) is 0 Å². The van der Waals surface area contributed by atoms with Crippen molar-refractivity contribution in [2.75, 3.05) is 7.05 Å². The number of nitrogens with one attached hydrogen (secondary N) is 1. The lowest BCUT2D eigenvalue weighted by Crippen LogP contribution is -2.36.